The minimum atomic E-state index is -1.89. The van der Waals surface area contributed by atoms with Crippen molar-refractivity contribution in [2.45, 2.75) is 44.5 Å². The van der Waals surface area contributed by atoms with E-state index in [1.54, 1.807) is 6.07 Å². The predicted molar refractivity (Wildman–Crippen MR) is 86.9 cm³/mol. The summed E-state index contributed by atoms with van der Waals surface area (Å²) in [5.41, 5.74) is -3.05. The molecule has 1 aliphatic carbocycles. The molecule has 7 heteroatoms. The van der Waals surface area contributed by atoms with Gasteiger partial charge >= 0.3 is 0 Å². The number of nitrogens with one attached hydrogen (secondary N) is 1. The van der Waals surface area contributed by atoms with Crippen LogP contribution in [0, 0.1) is 62.1 Å². The van der Waals surface area contributed by atoms with Crippen molar-refractivity contribution in [1.29, 1.82) is 21.2 Å². The van der Waals surface area contributed by atoms with Gasteiger partial charge in [0.15, 0.2) is 5.41 Å². The summed E-state index contributed by atoms with van der Waals surface area (Å²) < 4.78 is 17.3. The predicted octanol–water partition coefficient (Wildman–Crippen LogP) is 3.42. The van der Waals surface area contributed by atoms with Gasteiger partial charge in [-0.05, 0) is 24.8 Å². The second-order valence-corrected chi connectivity index (χ2v) is 7.35. The second-order valence-electron chi connectivity index (χ2n) is 7.35. The van der Waals surface area contributed by atoms with Crippen molar-refractivity contribution < 1.29 is 13.9 Å². The summed E-state index contributed by atoms with van der Waals surface area (Å²) >= 11 is 0. The van der Waals surface area contributed by atoms with Crippen LogP contribution in [0.4, 0.5) is 0 Å². The normalized spacial score (nSPS) is 39.8. The Morgan fingerprint density at radius 3 is 2.62 bits per heavy atom. The van der Waals surface area contributed by atoms with Gasteiger partial charge < -0.3 is 13.9 Å². The van der Waals surface area contributed by atoms with Crippen molar-refractivity contribution >= 4 is 5.90 Å². The zero-order chi connectivity index (χ0) is 18.6. The van der Waals surface area contributed by atoms with Crippen molar-refractivity contribution in [1.82, 2.24) is 0 Å². The fourth-order valence-electron chi connectivity index (χ4n) is 5.01. The van der Waals surface area contributed by atoms with Crippen LogP contribution in [0.2, 0.25) is 0 Å². The minimum Gasteiger partial charge on any atom is -0.472 e. The van der Waals surface area contributed by atoms with Gasteiger partial charge in [-0.1, -0.05) is 13.3 Å². The summed E-state index contributed by atoms with van der Waals surface area (Å²) in [4.78, 5) is 0. The Bertz CT molecular complexity index is 860. The molecule has 3 heterocycles. The molecule has 1 aromatic rings. The summed E-state index contributed by atoms with van der Waals surface area (Å²) in [6, 6.07) is 7.89. The molecular weight excluding hydrogens is 332 g/mol. The molecule has 1 aromatic heterocycles. The maximum Gasteiger partial charge on any atom is 0.217 e. The molecule has 0 radical (unpaired) electrons. The first-order valence-corrected chi connectivity index (χ1v) is 8.75. The number of hydrogen-bond acceptors (Lipinski definition) is 7. The SMILES string of the molecule is CCC1CCC23OC(=N)C(C#N)(C2C1)C(C#N)(C#N)C(c1ccoc1)O3. The monoisotopic (exact) mass is 350 g/mol. The fraction of sp³-hybridized carbons (Fsp3) is 0.579. The van der Waals surface area contributed by atoms with E-state index in [0.29, 0.717) is 24.3 Å². The number of nitriles is 3. The van der Waals surface area contributed by atoms with Gasteiger partial charge in [0.05, 0.1) is 36.7 Å². The molecule has 5 atom stereocenters. The molecular formula is C19H18N4O3. The quantitative estimate of drug-likeness (QED) is 0.870. The lowest BCUT2D eigenvalue weighted by atomic mass is 9.50. The van der Waals surface area contributed by atoms with E-state index in [-0.39, 0.29) is 5.90 Å². The third-order valence-electron chi connectivity index (χ3n) is 6.44. The van der Waals surface area contributed by atoms with Crippen LogP contribution in [0.5, 0.6) is 0 Å². The Hall–Kier alpha value is -2.82. The van der Waals surface area contributed by atoms with Gasteiger partial charge in [-0.2, -0.15) is 15.8 Å². The van der Waals surface area contributed by atoms with Gasteiger partial charge in [0.2, 0.25) is 17.1 Å². The Morgan fingerprint density at radius 2 is 2.04 bits per heavy atom. The molecule has 3 fully saturated rings. The number of nitrogens with zero attached hydrogens (tertiary/aromatic N) is 3. The Balaban J connectivity index is 1.97. The van der Waals surface area contributed by atoms with Crippen LogP contribution in [0.3, 0.4) is 0 Å². The van der Waals surface area contributed by atoms with Crippen LogP contribution in [-0.2, 0) is 9.47 Å². The standard InChI is InChI=1S/C19H18N4O3/c1-2-12-3-5-19-14(7-12)18(11-22,16(23)26-19)17(9-20,10-21)15(25-19)13-4-6-24-8-13/h4,6,8,12,14-15,23H,2-3,5,7H2,1H3. The van der Waals surface area contributed by atoms with Crippen molar-refractivity contribution in [2.24, 2.45) is 22.7 Å². The van der Waals surface area contributed by atoms with E-state index in [1.807, 2.05) is 12.1 Å². The maximum absolute atomic E-state index is 10.2. The van der Waals surface area contributed by atoms with Gasteiger partial charge in [0, 0.05) is 12.0 Å². The average Bonchev–Trinajstić information content (AvgIpc) is 3.26. The van der Waals surface area contributed by atoms with E-state index in [9.17, 15) is 15.8 Å². The number of ether oxygens (including phenoxy) is 2. The molecule has 0 amide bonds. The van der Waals surface area contributed by atoms with Crippen molar-refractivity contribution in [3.63, 3.8) is 0 Å². The molecule has 1 saturated carbocycles. The summed E-state index contributed by atoms with van der Waals surface area (Å²) in [7, 11) is 0. The lowest BCUT2D eigenvalue weighted by Gasteiger charge is -2.52. The number of rotatable bonds is 2. The zero-order valence-corrected chi connectivity index (χ0v) is 14.4. The van der Waals surface area contributed by atoms with Gasteiger partial charge in [-0.25, -0.2) is 0 Å². The van der Waals surface area contributed by atoms with Gasteiger partial charge in [0.25, 0.3) is 0 Å². The van der Waals surface area contributed by atoms with E-state index in [0.717, 1.165) is 12.8 Å². The van der Waals surface area contributed by atoms with Crippen molar-refractivity contribution in [3.05, 3.63) is 24.2 Å². The molecule has 26 heavy (non-hydrogen) atoms. The molecule has 132 valence electrons. The molecule has 0 aromatic carbocycles. The molecule has 7 nitrogen and oxygen atoms in total. The van der Waals surface area contributed by atoms with E-state index in [4.69, 9.17) is 19.3 Å². The zero-order valence-electron chi connectivity index (χ0n) is 14.4. The van der Waals surface area contributed by atoms with Crippen molar-refractivity contribution in [2.75, 3.05) is 0 Å². The maximum atomic E-state index is 10.2. The number of hydrogen-bond donors (Lipinski definition) is 1. The summed E-state index contributed by atoms with van der Waals surface area (Å²) in [6.07, 6.45) is 4.73. The van der Waals surface area contributed by atoms with Crippen LogP contribution >= 0.6 is 0 Å². The van der Waals surface area contributed by atoms with E-state index >= 15 is 0 Å². The molecule has 2 bridgehead atoms. The Labute approximate surface area is 151 Å². The van der Waals surface area contributed by atoms with Crippen molar-refractivity contribution in [3.8, 4) is 18.2 Å². The van der Waals surface area contributed by atoms with E-state index in [1.165, 1.54) is 12.5 Å². The molecule has 5 unspecified atom stereocenters. The van der Waals surface area contributed by atoms with Crippen LogP contribution < -0.4 is 0 Å². The topological polar surface area (TPSA) is 127 Å². The van der Waals surface area contributed by atoms with Gasteiger partial charge in [-0.3, -0.25) is 5.41 Å². The minimum absolute atomic E-state index is 0.323. The first-order valence-electron chi connectivity index (χ1n) is 8.75. The summed E-state index contributed by atoms with van der Waals surface area (Å²) in [5, 5.41) is 38.8. The lowest BCUT2D eigenvalue weighted by molar-refractivity contribution is -0.299. The molecule has 2 saturated heterocycles. The van der Waals surface area contributed by atoms with Gasteiger partial charge in [-0.15, -0.1) is 0 Å². The van der Waals surface area contributed by atoms with Crippen LogP contribution in [0.15, 0.2) is 23.0 Å². The fourth-order valence-corrected chi connectivity index (χ4v) is 5.01. The van der Waals surface area contributed by atoms with Crippen LogP contribution in [0.1, 0.15) is 44.3 Å². The second kappa shape index (κ2) is 5.34. The first-order chi connectivity index (χ1) is 12.5. The highest BCUT2D eigenvalue weighted by Crippen LogP contribution is 2.70. The third kappa shape index (κ3) is 1.66. The summed E-state index contributed by atoms with van der Waals surface area (Å²) in [5.74, 6) is -1.64. The highest BCUT2D eigenvalue weighted by atomic mass is 16.7. The smallest absolute Gasteiger partial charge is 0.217 e. The average molecular weight is 350 g/mol. The van der Waals surface area contributed by atoms with Crippen LogP contribution in [-0.4, -0.2) is 11.7 Å². The van der Waals surface area contributed by atoms with Gasteiger partial charge in [0.1, 0.15) is 6.10 Å². The van der Waals surface area contributed by atoms with Crippen LogP contribution in [0.25, 0.3) is 0 Å². The number of furan rings is 1. The molecule has 0 spiro atoms. The largest absolute Gasteiger partial charge is 0.472 e. The highest BCUT2D eigenvalue weighted by Gasteiger charge is 2.80. The van der Waals surface area contributed by atoms with E-state index in [2.05, 4.69) is 13.0 Å². The molecule has 2 aliphatic heterocycles. The molecule has 4 rings (SSSR count). The third-order valence-corrected chi connectivity index (χ3v) is 6.44. The Kier molecular flexibility index (Phi) is 3.41. The summed E-state index contributed by atoms with van der Waals surface area (Å²) in [6.45, 7) is 2.08. The Morgan fingerprint density at radius 1 is 1.27 bits per heavy atom. The first kappa shape index (κ1) is 16.6. The van der Waals surface area contributed by atoms with E-state index < -0.39 is 28.6 Å². The highest BCUT2D eigenvalue weighted by molar-refractivity contribution is 5.89. The molecule has 3 aliphatic rings. The lowest BCUT2D eigenvalue weighted by Crippen LogP contribution is -2.61. The molecule has 1 N–H and O–H groups in total.